The number of ether oxygens (including phenoxy) is 1. The highest BCUT2D eigenvalue weighted by atomic mass is 32.2. The summed E-state index contributed by atoms with van der Waals surface area (Å²) in [6.45, 7) is 0.216. The number of carbonyl (C=O) groups is 1. The first-order chi connectivity index (χ1) is 17.6. The third kappa shape index (κ3) is 5.76. The second-order valence-electron chi connectivity index (χ2n) is 8.32. The number of nitrogens with zero attached hydrogens (tertiary/aromatic N) is 2. The van der Waals surface area contributed by atoms with E-state index in [4.69, 9.17) is 4.74 Å². The highest BCUT2D eigenvalue weighted by Crippen LogP contribution is 2.28. The Morgan fingerprint density at radius 3 is 2.11 bits per heavy atom. The summed E-state index contributed by atoms with van der Waals surface area (Å²) in [5.41, 5.74) is -0.0266. The maximum Gasteiger partial charge on any atom is 0.264 e. The van der Waals surface area contributed by atoms with Crippen molar-refractivity contribution in [2.45, 2.75) is 22.6 Å². The van der Waals surface area contributed by atoms with E-state index in [1.165, 1.54) is 78.1 Å². The summed E-state index contributed by atoms with van der Waals surface area (Å²) in [4.78, 5) is 12.8. The molecule has 1 aliphatic rings. The van der Waals surface area contributed by atoms with Gasteiger partial charge in [0.2, 0.25) is 15.9 Å². The van der Waals surface area contributed by atoms with Crippen LogP contribution < -0.4 is 14.4 Å². The number of sulfonamides is 2. The van der Waals surface area contributed by atoms with Crippen molar-refractivity contribution < 1.29 is 30.8 Å². The van der Waals surface area contributed by atoms with Gasteiger partial charge in [-0.15, -0.1) is 0 Å². The molecular formula is C25H26FN3O6S2. The molecular weight excluding hydrogens is 521 g/mol. The summed E-state index contributed by atoms with van der Waals surface area (Å²) >= 11 is 0. The molecule has 3 aromatic carbocycles. The molecule has 3 aromatic rings. The van der Waals surface area contributed by atoms with Gasteiger partial charge in [0.05, 0.1) is 22.6 Å². The monoisotopic (exact) mass is 547 g/mol. The van der Waals surface area contributed by atoms with Crippen LogP contribution in [0.1, 0.15) is 12.8 Å². The van der Waals surface area contributed by atoms with Gasteiger partial charge < -0.3 is 10.1 Å². The van der Waals surface area contributed by atoms with Crippen LogP contribution in [-0.2, 0) is 24.8 Å². The highest BCUT2D eigenvalue weighted by Gasteiger charge is 2.30. The number of methoxy groups -OCH3 is 1. The van der Waals surface area contributed by atoms with Gasteiger partial charge in [-0.2, -0.15) is 4.31 Å². The third-order valence-electron chi connectivity index (χ3n) is 5.90. The van der Waals surface area contributed by atoms with Gasteiger partial charge in [0, 0.05) is 18.8 Å². The number of nitrogens with one attached hydrogen (secondary N) is 1. The zero-order valence-corrected chi connectivity index (χ0v) is 21.6. The van der Waals surface area contributed by atoms with Crippen molar-refractivity contribution in [3.63, 3.8) is 0 Å². The lowest BCUT2D eigenvalue weighted by Crippen LogP contribution is -2.38. The Kier molecular flexibility index (Phi) is 7.81. The number of hydrogen-bond acceptors (Lipinski definition) is 6. The maximum absolute atomic E-state index is 14.6. The topological polar surface area (TPSA) is 113 Å². The van der Waals surface area contributed by atoms with Crippen LogP contribution in [0.4, 0.5) is 15.8 Å². The molecule has 37 heavy (non-hydrogen) atoms. The summed E-state index contributed by atoms with van der Waals surface area (Å²) in [5, 5.41) is 2.56. The predicted octanol–water partition coefficient (Wildman–Crippen LogP) is 3.45. The smallest absolute Gasteiger partial charge is 0.264 e. The van der Waals surface area contributed by atoms with E-state index in [-0.39, 0.29) is 21.2 Å². The molecule has 0 spiro atoms. The van der Waals surface area contributed by atoms with Gasteiger partial charge >= 0.3 is 0 Å². The Bertz CT molecular complexity index is 1470. The minimum absolute atomic E-state index is 0.0995. The average molecular weight is 548 g/mol. The fraction of sp³-hybridized carbons (Fsp3) is 0.240. The van der Waals surface area contributed by atoms with Crippen LogP contribution in [0.15, 0.2) is 82.6 Å². The number of benzene rings is 3. The van der Waals surface area contributed by atoms with E-state index in [1.54, 1.807) is 0 Å². The highest BCUT2D eigenvalue weighted by molar-refractivity contribution is 7.92. The van der Waals surface area contributed by atoms with Crippen molar-refractivity contribution in [2.75, 3.05) is 36.4 Å². The van der Waals surface area contributed by atoms with Crippen LogP contribution in [-0.4, -0.2) is 53.8 Å². The van der Waals surface area contributed by atoms with E-state index in [1.807, 2.05) is 0 Å². The molecule has 1 N–H and O–H groups in total. The van der Waals surface area contributed by atoms with E-state index in [2.05, 4.69) is 5.32 Å². The second-order valence-corrected chi connectivity index (χ2v) is 12.1. The van der Waals surface area contributed by atoms with Crippen molar-refractivity contribution in [3.05, 3.63) is 78.6 Å². The van der Waals surface area contributed by atoms with Crippen molar-refractivity contribution in [1.29, 1.82) is 0 Å². The fourth-order valence-corrected chi connectivity index (χ4v) is 6.89. The van der Waals surface area contributed by atoms with Crippen molar-refractivity contribution >= 4 is 37.3 Å². The first-order valence-electron chi connectivity index (χ1n) is 11.4. The van der Waals surface area contributed by atoms with Gasteiger partial charge in [-0.3, -0.25) is 9.10 Å². The molecule has 4 rings (SSSR count). The van der Waals surface area contributed by atoms with E-state index >= 15 is 0 Å². The quantitative estimate of drug-likeness (QED) is 0.439. The van der Waals surface area contributed by atoms with Gasteiger partial charge in [-0.1, -0.05) is 12.1 Å². The normalized spacial score (nSPS) is 14.3. The third-order valence-corrected chi connectivity index (χ3v) is 9.58. The van der Waals surface area contributed by atoms with Gasteiger partial charge in [0.25, 0.3) is 10.0 Å². The SMILES string of the molecule is COc1ccc(S(=O)(=O)N(CC(=O)Nc2ccc(S(=O)(=O)N3CCCC3)cc2)c2ccccc2F)cc1. The standard InChI is InChI=1S/C25H26FN3O6S2/c1-35-20-10-14-22(15-11-20)37(33,34)29(24-7-3-2-6-23(24)26)18-25(30)27-19-8-12-21(13-9-19)36(31,32)28-16-4-5-17-28/h2-3,6-15H,4-5,16-18H2,1H3,(H,27,30). The molecule has 12 heteroatoms. The zero-order valence-electron chi connectivity index (χ0n) is 20.0. The summed E-state index contributed by atoms with van der Waals surface area (Å²) in [5.74, 6) is -1.12. The molecule has 9 nitrogen and oxygen atoms in total. The van der Waals surface area contributed by atoms with E-state index < -0.39 is 38.3 Å². The van der Waals surface area contributed by atoms with E-state index in [0.717, 1.165) is 18.9 Å². The molecule has 196 valence electrons. The van der Waals surface area contributed by atoms with Crippen LogP contribution >= 0.6 is 0 Å². The van der Waals surface area contributed by atoms with Gasteiger partial charge in [-0.25, -0.2) is 21.2 Å². The molecule has 0 atom stereocenters. The number of hydrogen-bond donors (Lipinski definition) is 1. The molecule has 1 heterocycles. The Morgan fingerprint density at radius 2 is 1.51 bits per heavy atom. The van der Waals surface area contributed by atoms with Crippen LogP contribution in [0, 0.1) is 5.82 Å². The van der Waals surface area contributed by atoms with Crippen LogP contribution in [0.2, 0.25) is 0 Å². The second kappa shape index (κ2) is 10.9. The van der Waals surface area contributed by atoms with Crippen LogP contribution in [0.3, 0.4) is 0 Å². The van der Waals surface area contributed by atoms with Gasteiger partial charge in [0.15, 0.2) is 0 Å². The molecule has 1 fully saturated rings. The van der Waals surface area contributed by atoms with E-state index in [0.29, 0.717) is 23.1 Å². The molecule has 0 unspecified atom stereocenters. The lowest BCUT2D eigenvalue weighted by molar-refractivity contribution is -0.114. The molecule has 0 aliphatic carbocycles. The summed E-state index contributed by atoms with van der Waals surface area (Å²) in [6.07, 6.45) is 1.62. The Balaban J connectivity index is 1.56. The molecule has 0 bridgehead atoms. The molecule has 1 amide bonds. The largest absolute Gasteiger partial charge is 0.497 e. The number of carbonyl (C=O) groups excluding carboxylic acids is 1. The first-order valence-corrected chi connectivity index (χ1v) is 14.3. The van der Waals surface area contributed by atoms with Crippen molar-refractivity contribution in [3.8, 4) is 5.75 Å². The van der Waals surface area contributed by atoms with Gasteiger partial charge in [0.1, 0.15) is 18.1 Å². The summed E-state index contributed by atoms with van der Waals surface area (Å²) in [6, 6.07) is 16.4. The van der Waals surface area contributed by atoms with Crippen molar-refractivity contribution in [2.24, 2.45) is 0 Å². The first kappa shape index (κ1) is 26.6. The lowest BCUT2D eigenvalue weighted by Gasteiger charge is -2.24. The molecule has 1 aliphatic heterocycles. The minimum Gasteiger partial charge on any atom is -0.497 e. The Morgan fingerprint density at radius 1 is 0.919 bits per heavy atom. The molecule has 0 radical (unpaired) electrons. The lowest BCUT2D eigenvalue weighted by atomic mass is 10.3. The number of anilines is 2. The summed E-state index contributed by atoms with van der Waals surface area (Å²) < 4.78 is 74.1. The predicted molar refractivity (Wildman–Crippen MR) is 137 cm³/mol. The number of halogens is 1. The Hall–Kier alpha value is -3.48. The molecule has 0 saturated carbocycles. The number of rotatable bonds is 9. The van der Waals surface area contributed by atoms with Crippen molar-refractivity contribution in [1.82, 2.24) is 4.31 Å². The van der Waals surface area contributed by atoms with E-state index in [9.17, 15) is 26.0 Å². The van der Waals surface area contributed by atoms with Crippen LogP contribution in [0.25, 0.3) is 0 Å². The zero-order chi connectivity index (χ0) is 26.6. The maximum atomic E-state index is 14.6. The summed E-state index contributed by atoms with van der Waals surface area (Å²) in [7, 11) is -6.51. The Labute approximate surface area is 215 Å². The van der Waals surface area contributed by atoms with Crippen LogP contribution in [0.5, 0.6) is 5.75 Å². The van der Waals surface area contributed by atoms with Gasteiger partial charge in [-0.05, 0) is 73.5 Å². The minimum atomic E-state index is -4.33. The molecule has 1 saturated heterocycles. The fourth-order valence-electron chi connectivity index (χ4n) is 3.95. The molecule has 0 aromatic heterocycles. The number of amides is 1. The number of para-hydroxylation sites is 1. The average Bonchev–Trinajstić information content (AvgIpc) is 3.44.